The van der Waals surface area contributed by atoms with E-state index in [0.29, 0.717) is 15.6 Å². The minimum absolute atomic E-state index is 0. The first kappa shape index (κ1) is 31.3. The summed E-state index contributed by atoms with van der Waals surface area (Å²) >= 11 is 11.2. The number of benzene rings is 1. The molecular weight excluding hydrogens is 427 g/mol. The van der Waals surface area contributed by atoms with E-state index >= 15 is 0 Å². The van der Waals surface area contributed by atoms with Gasteiger partial charge in [-0.1, -0.05) is 29.3 Å². The van der Waals surface area contributed by atoms with Crippen molar-refractivity contribution in [3.63, 3.8) is 0 Å². The summed E-state index contributed by atoms with van der Waals surface area (Å²) in [6.07, 6.45) is 0. The van der Waals surface area contributed by atoms with Crippen LogP contribution in [-0.4, -0.2) is 34.7 Å². The Labute approximate surface area is 160 Å². The molecule has 0 saturated heterocycles. The van der Waals surface area contributed by atoms with E-state index in [1.54, 1.807) is 18.2 Å². The molecule has 25 heavy (non-hydrogen) atoms. The van der Waals surface area contributed by atoms with Crippen molar-refractivity contribution >= 4 is 57.9 Å². The predicted molar refractivity (Wildman–Crippen MR) is 91.0 cm³/mol. The predicted octanol–water partition coefficient (Wildman–Crippen LogP) is 2.06. The minimum atomic E-state index is -4.67. The summed E-state index contributed by atoms with van der Waals surface area (Å²) in [6, 6.07) is 6.86. The average molecular weight is 442 g/mol. The van der Waals surface area contributed by atoms with Gasteiger partial charge in [0, 0.05) is 13.8 Å². The highest BCUT2D eigenvalue weighted by Crippen LogP contribution is 2.22. The zero-order valence-corrected chi connectivity index (χ0v) is 15.9. The smallest absolute Gasteiger partial charge is 0.394 e. The highest BCUT2D eigenvalue weighted by Gasteiger charge is 2.01. The molecule has 0 unspecified atom stereocenters. The second-order valence-electron chi connectivity index (χ2n) is 3.24. The van der Waals surface area contributed by atoms with Crippen molar-refractivity contribution in [1.82, 2.24) is 0 Å². The number of halogens is 3. The summed E-state index contributed by atoms with van der Waals surface area (Å²) in [7, 11) is -4.67. The molecule has 0 radical (unpaired) electrons. The molecule has 14 heteroatoms. The Hall–Kier alpha value is -1.49. The van der Waals surface area contributed by atoms with E-state index in [9.17, 15) is 9.59 Å². The van der Waals surface area contributed by atoms with E-state index in [4.69, 9.17) is 51.2 Å². The third kappa shape index (κ3) is 27.6. The monoisotopic (exact) mass is 440 g/mol. The van der Waals surface area contributed by atoms with Gasteiger partial charge in [0.1, 0.15) is 6.07 Å². The summed E-state index contributed by atoms with van der Waals surface area (Å²) in [5.74, 6) is 2.38. The summed E-state index contributed by atoms with van der Waals surface area (Å²) < 4.78 is 35.6. The van der Waals surface area contributed by atoms with Crippen LogP contribution in [0.1, 0.15) is 19.4 Å². The van der Waals surface area contributed by atoms with Crippen LogP contribution < -0.4 is 5.90 Å². The fourth-order valence-electron chi connectivity index (χ4n) is 0.807. The Morgan fingerprint density at radius 3 is 1.52 bits per heavy atom. The van der Waals surface area contributed by atoms with Gasteiger partial charge >= 0.3 is 22.3 Å². The number of rotatable bonds is 0. The lowest BCUT2D eigenvalue weighted by Gasteiger charge is -1.94. The molecule has 0 atom stereocenters. The van der Waals surface area contributed by atoms with E-state index in [1.165, 1.54) is 13.8 Å². The molecule has 0 aromatic heterocycles. The Bertz CT molecular complexity index is 636. The topological polar surface area (TPSA) is 188 Å². The van der Waals surface area contributed by atoms with Gasteiger partial charge in [-0.2, -0.15) is 13.7 Å². The molecule has 0 aliphatic rings. The standard InChI is InChI=1S/C7H3Cl2N.C4H6O3.ClH.H3NO.H2O4S/c8-6-2-1-3-7(9)5(6)4-10;1-3(5)7-4(2)6;;1-2;1-5(2,3)4/h1-3H;1-2H3;1H;2H,1H2;(H2,1,2,3,4). The van der Waals surface area contributed by atoms with Crippen LogP contribution in [0.3, 0.4) is 0 Å². The molecule has 0 fully saturated rings. The van der Waals surface area contributed by atoms with Crippen LogP contribution in [0.2, 0.25) is 10.0 Å². The van der Waals surface area contributed by atoms with Crippen molar-refractivity contribution in [1.29, 1.82) is 5.26 Å². The molecule has 0 bridgehead atoms. The first-order chi connectivity index (χ1) is 10.9. The van der Waals surface area contributed by atoms with E-state index in [-0.39, 0.29) is 12.4 Å². The molecule has 0 aliphatic carbocycles. The molecule has 10 nitrogen and oxygen atoms in total. The van der Waals surface area contributed by atoms with Gasteiger partial charge < -0.3 is 9.94 Å². The molecule has 1 rings (SSSR count). The number of nitrogens with zero attached hydrogens (tertiary/aromatic N) is 1. The van der Waals surface area contributed by atoms with Gasteiger partial charge in [0.15, 0.2) is 0 Å². The van der Waals surface area contributed by atoms with Crippen LogP contribution in [0.5, 0.6) is 0 Å². The van der Waals surface area contributed by atoms with Crippen LogP contribution in [0.4, 0.5) is 0 Å². The molecule has 144 valence electrons. The van der Waals surface area contributed by atoms with E-state index in [0.717, 1.165) is 0 Å². The number of carbonyl (C=O) groups excluding carboxylic acids is 2. The van der Waals surface area contributed by atoms with E-state index in [2.05, 4.69) is 10.6 Å². The average Bonchev–Trinajstić information content (AvgIpc) is 2.38. The molecule has 1 aromatic carbocycles. The van der Waals surface area contributed by atoms with Gasteiger partial charge in [0.25, 0.3) is 0 Å². The van der Waals surface area contributed by atoms with Gasteiger partial charge in [0.2, 0.25) is 0 Å². The normalized spacial score (nSPS) is 8.28. The largest absolute Gasteiger partial charge is 0.394 e. The fourth-order valence-corrected chi connectivity index (χ4v) is 1.29. The van der Waals surface area contributed by atoms with Crippen LogP contribution >= 0.6 is 35.6 Å². The zero-order chi connectivity index (χ0) is 19.9. The molecule has 0 aliphatic heterocycles. The Balaban J connectivity index is -0.000000131. The minimum Gasteiger partial charge on any atom is -0.394 e. The van der Waals surface area contributed by atoms with Crippen LogP contribution in [-0.2, 0) is 24.7 Å². The van der Waals surface area contributed by atoms with E-state index in [1.807, 2.05) is 6.07 Å². The Kier molecular flexibility index (Phi) is 21.7. The summed E-state index contributed by atoms with van der Waals surface area (Å²) in [5.41, 5.74) is 0.339. The first-order valence-corrected chi connectivity index (χ1v) is 7.52. The number of nitrogens with two attached hydrogens (primary N) is 1. The molecule has 1 aromatic rings. The number of hydrogen-bond acceptors (Lipinski definition) is 8. The lowest BCUT2D eigenvalue weighted by Crippen LogP contribution is -2.03. The van der Waals surface area contributed by atoms with Crippen molar-refractivity contribution in [3.05, 3.63) is 33.8 Å². The van der Waals surface area contributed by atoms with E-state index < -0.39 is 22.3 Å². The first-order valence-electron chi connectivity index (χ1n) is 5.37. The lowest BCUT2D eigenvalue weighted by molar-refractivity contribution is -0.156. The van der Waals surface area contributed by atoms with Crippen molar-refractivity contribution < 1.29 is 37.1 Å². The molecule has 0 spiro atoms. The number of ether oxygens (including phenoxy) is 1. The van der Waals surface area contributed by atoms with Gasteiger partial charge in [-0.05, 0) is 12.1 Å². The van der Waals surface area contributed by atoms with Crippen molar-refractivity contribution in [2.75, 3.05) is 0 Å². The van der Waals surface area contributed by atoms with Crippen LogP contribution in [0.15, 0.2) is 18.2 Å². The second-order valence-corrected chi connectivity index (χ2v) is 4.95. The quantitative estimate of drug-likeness (QED) is 0.201. The Morgan fingerprint density at radius 2 is 1.40 bits per heavy atom. The number of nitriles is 1. The Morgan fingerprint density at radius 1 is 1.12 bits per heavy atom. The molecule has 0 amide bonds. The number of carbonyl (C=O) groups is 2. The van der Waals surface area contributed by atoms with Crippen LogP contribution in [0, 0.1) is 11.3 Å². The SMILES string of the molecule is CC(=O)OC(C)=O.Cl.N#Cc1c(Cl)cccc1Cl.NO.O=S(=O)(O)O. The molecule has 5 N–H and O–H groups in total. The third-order valence-electron chi connectivity index (χ3n) is 1.36. The van der Waals surface area contributed by atoms with Crippen molar-refractivity contribution in [2.24, 2.45) is 5.90 Å². The van der Waals surface area contributed by atoms with Gasteiger partial charge in [-0.3, -0.25) is 18.7 Å². The molecule has 0 saturated carbocycles. The maximum atomic E-state index is 9.81. The molecule has 0 heterocycles. The third-order valence-corrected chi connectivity index (χ3v) is 1.99. The highest BCUT2D eigenvalue weighted by atomic mass is 35.5. The lowest BCUT2D eigenvalue weighted by atomic mass is 10.2. The summed E-state index contributed by atoms with van der Waals surface area (Å²) in [4.78, 5) is 19.6. The van der Waals surface area contributed by atoms with Crippen molar-refractivity contribution in [3.8, 4) is 6.07 Å². The highest BCUT2D eigenvalue weighted by molar-refractivity contribution is 7.79. The van der Waals surface area contributed by atoms with Gasteiger partial charge in [-0.25, -0.2) is 5.90 Å². The maximum Gasteiger partial charge on any atom is 0.394 e. The second kappa shape index (κ2) is 17.3. The number of esters is 2. The van der Waals surface area contributed by atoms with Gasteiger partial charge in [-0.15, -0.1) is 12.4 Å². The number of hydrogen-bond donors (Lipinski definition) is 4. The fraction of sp³-hybridized carbons (Fsp3) is 0.182. The summed E-state index contributed by atoms with van der Waals surface area (Å²) in [5, 5.41) is 15.8. The molecular formula is C11H15Cl3N2O8S. The maximum absolute atomic E-state index is 9.81. The van der Waals surface area contributed by atoms with Crippen molar-refractivity contribution in [2.45, 2.75) is 13.8 Å². The zero-order valence-electron chi connectivity index (χ0n) is 12.7. The summed E-state index contributed by atoms with van der Waals surface area (Å²) in [6.45, 7) is 2.36. The van der Waals surface area contributed by atoms with Gasteiger partial charge in [0.05, 0.1) is 15.6 Å². The van der Waals surface area contributed by atoms with Crippen LogP contribution in [0.25, 0.3) is 0 Å².